The van der Waals surface area contributed by atoms with Crippen LogP contribution in [0.15, 0.2) is 5.11 Å². The quantitative estimate of drug-likeness (QED) is 0.141. The first-order valence-corrected chi connectivity index (χ1v) is 7.48. The first-order valence-electron chi connectivity index (χ1n) is 7.48. The van der Waals surface area contributed by atoms with E-state index in [0.29, 0.717) is 0 Å². The second kappa shape index (κ2) is 8.53. The van der Waals surface area contributed by atoms with E-state index < -0.39 is 74.6 Å². The van der Waals surface area contributed by atoms with Gasteiger partial charge in [0.25, 0.3) is 0 Å². The van der Waals surface area contributed by atoms with Crippen molar-refractivity contribution < 1.29 is 50.0 Å². The molecule has 2 fully saturated rings. The molecule has 13 heteroatoms. The smallest absolute Gasteiger partial charge is 0.189 e. The number of rotatable bonds is 5. The standard InChI is InChI=1S/C12H21N3O10/c13-15-14-5-8(20)6(18)3(1-16)23-11(5)25-12-10(22)9(21)7(19)4(2-17)24-12/h3-12,16-22H,1-2H2/t3?,4?,5?,6-,7-,8-,9-,10?,11-,12-/m1/s1. The summed E-state index contributed by atoms with van der Waals surface area (Å²) in [5.41, 5.74) is 8.60. The van der Waals surface area contributed by atoms with Gasteiger partial charge in [-0.05, 0) is 5.53 Å². The van der Waals surface area contributed by atoms with E-state index in [1.54, 1.807) is 0 Å². The van der Waals surface area contributed by atoms with Gasteiger partial charge in [-0.3, -0.25) is 0 Å². The molecule has 0 aliphatic carbocycles. The Morgan fingerprint density at radius 2 is 1.32 bits per heavy atom. The molecule has 0 saturated carbocycles. The highest BCUT2D eigenvalue weighted by molar-refractivity contribution is 4.95. The van der Waals surface area contributed by atoms with Crippen LogP contribution in [0.4, 0.5) is 0 Å². The van der Waals surface area contributed by atoms with Crippen molar-refractivity contribution in [3.05, 3.63) is 10.4 Å². The summed E-state index contributed by atoms with van der Waals surface area (Å²) in [5, 5.41) is 70.8. The largest absolute Gasteiger partial charge is 0.394 e. The maximum absolute atomic E-state index is 10.0. The van der Waals surface area contributed by atoms with Crippen molar-refractivity contribution in [3.8, 4) is 0 Å². The van der Waals surface area contributed by atoms with Crippen molar-refractivity contribution in [2.75, 3.05) is 13.2 Å². The SMILES string of the molecule is [N-]=[N+]=NC1[C@@H](O[C@H]2OC(CO)[C@@H](O)[C@@H](O)C2O)OC(CO)[C@@H](O)[C@@H]1O. The van der Waals surface area contributed by atoms with E-state index in [1.807, 2.05) is 0 Å². The van der Waals surface area contributed by atoms with Crippen LogP contribution in [-0.4, -0.2) is 110 Å². The minimum absolute atomic E-state index is 0.684. The maximum atomic E-state index is 10.0. The Balaban J connectivity index is 2.18. The molecule has 2 aliphatic rings. The van der Waals surface area contributed by atoms with E-state index in [0.717, 1.165) is 0 Å². The summed E-state index contributed by atoms with van der Waals surface area (Å²) in [4.78, 5) is 2.51. The number of azide groups is 1. The van der Waals surface area contributed by atoms with Crippen LogP contribution in [0.2, 0.25) is 0 Å². The van der Waals surface area contributed by atoms with Crippen LogP contribution >= 0.6 is 0 Å². The number of nitrogens with zero attached hydrogens (tertiary/aromatic N) is 3. The molecule has 0 aromatic rings. The van der Waals surface area contributed by atoms with E-state index in [4.69, 9.17) is 24.8 Å². The van der Waals surface area contributed by atoms with Crippen LogP contribution in [0.25, 0.3) is 10.4 Å². The summed E-state index contributed by atoms with van der Waals surface area (Å²) < 4.78 is 15.6. The molecule has 144 valence electrons. The van der Waals surface area contributed by atoms with Gasteiger partial charge in [0, 0.05) is 4.91 Å². The average molecular weight is 367 g/mol. The van der Waals surface area contributed by atoms with Gasteiger partial charge in [-0.15, -0.1) is 0 Å². The molecule has 0 spiro atoms. The van der Waals surface area contributed by atoms with Crippen LogP contribution < -0.4 is 0 Å². The zero-order valence-electron chi connectivity index (χ0n) is 12.9. The number of hydrogen-bond acceptors (Lipinski definition) is 11. The number of aliphatic hydroxyl groups excluding tert-OH is 7. The number of hydrogen-bond donors (Lipinski definition) is 7. The Kier molecular flexibility index (Phi) is 6.90. The third kappa shape index (κ3) is 4.02. The van der Waals surface area contributed by atoms with Crippen LogP contribution in [-0.2, 0) is 14.2 Å². The van der Waals surface area contributed by atoms with Gasteiger partial charge < -0.3 is 50.0 Å². The minimum Gasteiger partial charge on any atom is -0.394 e. The highest BCUT2D eigenvalue weighted by Crippen LogP contribution is 2.29. The molecule has 10 atom stereocenters. The molecule has 4 unspecified atom stereocenters. The third-order valence-corrected chi connectivity index (χ3v) is 4.15. The molecule has 25 heavy (non-hydrogen) atoms. The van der Waals surface area contributed by atoms with E-state index in [1.165, 1.54) is 0 Å². The monoisotopic (exact) mass is 367 g/mol. The molecule has 0 radical (unpaired) electrons. The lowest BCUT2D eigenvalue weighted by atomic mass is 9.97. The molecule has 0 bridgehead atoms. The molecule has 2 heterocycles. The topological polar surface area (TPSA) is 218 Å². The molecule has 2 saturated heterocycles. The van der Waals surface area contributed by atoms with Crippen molar-refractivity contribution in [2.45, 2.75) is 61.3 Å². The molecular formula is C12H21N3O10. The van der Waals surface area contributed by atoms with Gasteiger partial charge in [-0.2, -0.15) is 0 Å². The van der Waals surface area contributed by atoms with E-state index >= 15 is 0 Å². The Morgan fingerprint density at radius 3 is 1.84 bits per heavy atom. The Bertz CT molecular complexity index is 490. The van der Waals surface area contributed by atoms with E-state index in [2.05, 4.69) is 10.0 Å². The fraction of sp³-hybridized carbons (Fsp3) is 1.00. The Morgan fingerprint density at radius 1 is 0.800 bits per heavy atom. The van der Waals surface area contributed by atoms with Crippen molar-refractivity contribution >= 4 is 0 Å². The van der Waals surface area contributed by atoms with Gasteiger partial charge >= 0.3 is 0 Å². The molecule has 13 nitrogen and oxygen atoms in total. The summed E-state index contributed by atoms with van der Waals surface area (Å²) in [5.74, 6) is 0. The minimum atomic E-state index is -1.75. The fourth-order valence-electron chi connectivity index (χ4n) is 2.67. The zero-order valence-corrected chi connectivity index (χ0v) is 12.9. The first kappa shape index (κ1) is 20.2. The lowest BCUT2D eigenvalue weighted by molar-refractivity contribution is -0.361. The fourth-order valence-corrected chi connectivity index (χ4v) is 2.67. The van der Waals surface area contributed by atoms with Crippen molar-refractivity contribution in [3.63, 3.8) is 0 Å². The summed E-state index contributed by atoms with van der Waals surface area (Å²) >= 11 is 0. The molecule has 7 N–H and O–H groups in total. The van der Waals surface area contributed by atoms with Crippen LogP contribution in [0.5, 0.6) is 0 Å². The third-order valence-electron chi connectivity index (χ3n) is 4.15. The molecule has 0 aromatic heterocycles. The zero-order chi connectivity index (χ0) is 18.7. The van der Waals surface area contributed by atoms with Crippen LogP contribution in [0, 0.1) is 0 Å². The van der Waals surface area contributed by atoms with E-state index in [9.17, 15) is 30.6 Å². The molecule has 0 amide bonds. The van der Waals surface area contributed by atoms with Gasteiger partial charge in [0.05, 0.1) is 19.3 Å². The predicted molar refractivity (Wildman–Crippen MR) is 75.5 cm³/mol. The summed E-state index contributed by atoms with van der Waals surface area (Å²) in [7, 11) is 0. The maximum Gasteiger partial charge on any atom is 0.189 e. The normalized spacial score (nSPS) is 48.0. The number of ether oxygens (including phenoxy) is 3. The van der Waals surface area contributed by atoms with E-state index in [-0.39, 0.29) is 0 Å². The van der Waals surface area contributed by atoms with Crippen molar-refractivity contribution in [1.82, 2.24) is 0 Å². The molecule has 2 aliphatic heterocycles. The van der Waals surface area contributed by atoms with Gasteiger partial charge in [-0.25, -0.2) is 0 Å². The van der Waals surface area contributed by atoms with Crippen LogP contribution in [0.3, 0.4) is 0 Å². The second-order valence-electron chi connectivity index (χ2n) is 5.74. The van der Waals surface area contributed by atoms with Crippen LogP contribution in [0.1, 0.15) is 0 Å². The van der Waals surface area contributed by atoms with Gasteiger partial charge in [-0.1, -0.05) is 5.11 Å². The highest BCUT2D eigenvalue weighted by Gasteiger charge is 2.49. The number of aliphatic hydroxyl groups is 7. The second-order valence-corrected chi connectivity index (χ2v) is 5.74. The lowest BCUT2D eigenvalue weighted by Crippen LogP contribution is -2.63. The summed E-state index contributed by atoms with van der Waals surface area (Å²) in [6.07, 6.45) is -13.9. The molecule has 0 aromatic carbocycles. The predicted octanol–water partition coefficient (Wildman–Crippen LogP) is -4.08. The van der Waals surface area contributed by atoms with Gasteiger partial charge in [0.15, 0.2) is 12.6 Å². The highest BCUT2D eigenvalue weighted by atomic mass is 16.8. The van der Waals surface area contributed by atoms with Crippen molar-refractivity contribution in [1.29, 1.82) is 0 Å². The first-order chi connectivity index (χ1) is 11.8. The lowest BCUT2D eigenvalue weighted by Gasteiger charge is -2.44. The van der Waals surface area contributed by atoms with Crippen molar-refractivity contribution in [2.24, 2.45) is 5.11 Å². The van der Waals surface area contributed by atoms with Gasteiger partial charge in [0.2, 0.25) is 0 Å². The molecular weight excluding hydrogens is 346 g/mol. The molecule has 2 rings (SSSR count). The van der Waals surface area contributed by atoms with Gasteiger partial charge in [0.1, 0.15) is 42.7 Å². The average Bonchev–Trinajstić information content (AvgIpc) is 2.61. The Hall–Kier alpha value is -1.09. The summed E-state index contributed by atoms with van der Waals surface area (Å²) in [6.45, 7) is -1.37. The summed E-state index contributed by atoms with van der Waals surface area (Å²) in [6, 6.07) is -1.45. The Labute approximate surface area is 141 Å².